The molecule has 1 rings (SSSR count). The van der Waals surface area contributed by atoms with Gasteiger partial charge >= 0.3 is 5.97 Å². The third-order valence-electron chi connectivity index (χ3n) is 9.61. The third kappa shape index (κ3) is 20.5. The highest BCUT2D eigenvalue weighted by Gasteiger charge is 2.48. The lowest BCUT2D eigenvalue weighted by Crippen LogP contribution is -2.69. The normalized spacial score (nSPS) is 20.4. The van der Waals surface area contributed by atoms with Crippen LogP contribution in [0.3, 0.4) is 0 Å². The van der Waals surface area contributed by atoms with Crippen LogP contribution in [-0.4, -0.2) is 99.3 Å². The molecule has 0 bridgehead atoms. The lowest BCUT2D eigenvalue weighted by molar-refractivity contribution is -0.231. The molecular weight excluding hydrogens is 642 g/mol. The van der Waals surface area contributed by atoms with Crippen LogP contribution in [0.5, 0.6) is 0 Å². The van der Waals surface area contributed by atoms with E-state index in [4.69, 9.17) is 9.84 Å². The van der Waals surface area contributed by atoms with E-state index in [-0.39, 0.29) is 25.2 Å². The number of carboxylic acid groups (broad SMARTS) is 1. The number of carboxylic acids is 1. The second-order valence-electron chi connectivity index (χ2n) is 14.0. The topological polar surface area (TPSA) is 186 Å². The molecule has 0 unspecified atom stereocenters. The number of nitrogens with one attached hydrogen (secondary N) is 2. The predicted molar refractivity (Wildman–Crippen MR) is 194 cm³/mol. The van der Waals surface area contributed by atoms with Gasteiger partial charge in [-0.05, 0) is 12.8 Å². The SMILES string of the molecule is CCCCCCCCCCCCCC(=O)N(CCCCCCCCCCCC)[C@@H]1O[C@H](CO)[C@@H](O)[C@H](O)[C@H]1NC(=O)CNC(=O)CCC(=O)O. The van der Waals surface area contributed by atoms with E-state index in [9.17, 15) is 34.5 Å². The summed E-state index contributed by atoms with van der Waals surface area (Å²) < 4.78 is 6.03. The number of carbonyl (C=O) groups excluding carboxylic acids is 3. The zero-order valence-electron chi connectivity index (χ0n) is 31.3. The number of ether oxygens (including phenoxy) is 1. The predicted octanol–water partition coefficient (Wildman–Crippen LogP) is 5.34. The highest BCUT2D eigenvalue weighted by atomic mass is 16.5. The van der Waals surface area contributed by atoms with E-state index in [2.05, 4.69) is 24.5 Å². The largest absolute Gasteiger partial charge is 0.481 e. The molecule has 1 saturated heterocycles. The Bertz CT molecular complexity index is 922. The van der Waals surface area contributed by atoms with E-state index in [0.29, 0.717) is 19.4 Å². The number of nitrogens with zero attached hydrogens (tertiary/aromatic N) is 1. The molecule has 0 radical (unpaired) electrons. The minimum absolute atomic E-state index is 0.177. The number of amides is 3. The van der Waals surface area contributed by atoms with Crippen LogP contribution in [0.25, 0.3) is 0 Å². The molecule has 12 heteroatoms. The van der Waals surface area contributed by atoms with Crippen LogP contribution in [0, 0.1) is 0 Å². The number of aliphatic carboxylic acids is 1. The zero-order valence-corrected chi connectivity index (χ0v) is 31.3. The van der Waals surface area contributed by atoms with Crippen molar-refractivity contribution in [3.8, 4) is 0 Å². The molecule has 292 valence electrons. The van der Waals surface area contributed by atoms with Crippen molar-refractivity contribution in [3.63, 3.8) is 0 Å². The standard InChI is InChI=1S/C38H71N3O9/c1-3-5-7-9-11-13-15-16-18-20-22-24-33(45)41(27-23-21-19-17-14-12-10-8-6-4-2)38-35(37(49)36(48)30(29-42)50-38)40-32(44)28-39-31(43)25-26-34(46)47/h30,35-38,42,48-49H,3-29H2,1-2H3,(H,39,43)(H,40,44)(H,46,47)/t30-,35-,36-,37-,38-/m1/s1. The van der Waals surface area contributed by atoms with E-state index >= 15 is 0 Å². The molecule has 1 aliphatic heterocycles. The molecular formula is C38H71N3O9. The first-order valence-corrected chi connectivity index (χ1v) is 19.9. The highest BCUT2D eigenvalue weighted by molar-refractivity contribution is 5.86. The Morgan fingerprint density at radius 3 is 1.58 bits per heavy atom. The maximum Gasteiger partial charge on any atom is 0.303 e. The van der Waals surface area contributed by atoms with Crippen molar-refractivity contribution < 1.29 is 44.3 Å². The second kappa shape index (κ2) is 29.3. The van der Waals surface area contributed by atoms with Gasteiger partial charge in [-0.3, -0.25) is 19.2 Å². The number of aliphatic hydroxyl groups is 3. The fourth-order valence-electron chi connectivity index (χ4n) is 6.49. The van der Waals surface area contributed by atoms with Gasteiger partial charge in [-0.15, -0.1) is 0 Å². The molecule has 0 saturated carbocycles. The van der Waals surface area contributed by atoms with E-state index in [1.165, 1.54) is 88.4 Å². The number of aliphatic hydroxyl groups excluding tert-OH is 3. The molecule has 3 amide bonds. The summed E-state index contributed by atoms with van der Waals surface area (Å²) in [6.07, 6.45) is 18.1. The molecule has 6 N–H and O–H groups in total. The molecule has 1 fully saturated rings. The second-order valence-corrected chi connectivity index (χ2v) is 14.0. The molecule has 0 aromatic carbocycles. The van der Waals surface area contributed by atoms with Crippen LogP contribution < -0.4 is 10.6 Å². The summed E-state index contributed by atoms with van der Waals surface area (Å²) in [5, 5.41) is 45.5. The number of unbranched alkanes of at least 4 members (excludes halogenated alkanes) is 19. The first-order chi connectivity index (χ1) is 24.2. The molecule has 1 heterocycles. The van der Waals surface area contributed by atoms with Crippen LogP contribution in [-0.2, 0) is 23.9 Å². The van der Waals surface area contributed by atoms with Gasteiger partial charge in [0, 0.05) is 19.4 Å². The highest BCUT2D eigenvalue weighted by Crippen LogP contribution is 2.26. The summed E-state index contributed by atoms with van der Waals surface area (Å²) in [6.45, 7) is 3.68. The van der Waals surface area contributed by atoms with Crippen molar-refractivity contribution in [1.82, 2.24) is 15.5 Å². The van der Waals surface area contributed by atoms with Gasteiger partial charge in [0.2, 0.25) is 17.7 Å². The third-order valence-corrected chi connectivity index (χ3v) is 9.61. The summed E-state index contributed by atoms with van der Waals surface area (Å²) in [5.41, 5.74) is 0. The summed E-state index contributed by atoms with van der Waals surface area (Å²) in [5.74, 6) is -2.63. The summed E-state index contributed by atoms with van der Waals surface area (Å²) >= 11 is 0. The minimum atomic E-state index is -1.55. The van der Waals surface area contributed by atoms with Gasteiger partial charge in [-0.1, -0.05) is 136 Å². The quantitative estimate of drug-likeness (QED) is 0.0516. The molecule has 0 spiro atoms. The van der Waals surface area contributed by atoms with Gasteiger partial charge in [0.1, 0.15) is 24.4 Å². The summed E-state index contributed by atoms with van der Waals surface area (Å²) in [6, 6.07) is -1.22. The van der Waals surface area contributed by atoms with Gasteiger partial charge < -0.3 is 40.7 Å². The molecule has 0 aliphatic carbocycles. The molecule has 5 atom stereocenters. The van der Waals surface area contributed by atoms with E-state index in [1.54, 1.807) is 0 Å². The summed E-state index contributed by atoms with van der Waals surface area (Å²) in [4.78, 5) is 50.9. The van der Waals surface area contributed by atoms with Gasteiger partial charge in [-0.25, -0.2) is 0 Å². The van der Waals surface area contributed by atoms with Crippen LogP contribution in [0.15, 0.2) is 0 Å². The van der Waals surface area contributed by atoms with Gasteiger partial charge in [0.25, 0.3) is 0 Å². The average Bonchev–Trinajstić information content (AvgIpc) is 3.10. The smallest absolute Gasteiger partial charge is 0.303 e. The lowest BCUT2D eigenvalue weighted by atomic mass is 9.94. The maximum atomic E-state index is 13.8. The first-order valence-electron chi connectivity index (χ1n) is 19.9. The van der Waals surface area contributed by atoms with Gasteiger partial charge in [-0.2, -0.15) is 0 Å². The molecule has 50 heavy (non-hydrogen) atoms. The number of carbonyl (C=O) groups is 4. The van der Waals surface area contributed by atoms with Gasteiger partial charge in [0.15, 0.2) is 6.23 Å². The van der Waals surface area contributed by atoms with Crippen molar-refractivity contribution in [2.75, 3.05) is 19.7 Å². The van der Waals surface area contributed by atoms with Crippen LogP contribution >= 0.6 is 0 Å². The maximum absolute atomic E-state index is 13.8. The van der Waals surface area contributed by atoms with Gasteiger partial charge in [0.05, 0.1) is 19.6 Å². The first kappa shape index (κ1) is 45.7. The molecule has 1 aliphatic rings. The van der Waals surface area contributed by atoms with Crippen molar-refractivity contribution in [3.05, 3.63) is 0 Å². The Hall–Kier alpha value is -2.28. The number of rotatable bonds is 31. The Morgan fingerprint density at radius 1 is 0.620 bits per heavy atom. The Labute approximate surface area is 301 Å². The fraction of sp³-hybridized carbons (Fsp3) is 0.895. The molecule has 0 aromatic rings. The fourth-order valence-corrected chi connectivity index (χ4v) is 6.49. The zero-order chi connectivity index (χ0) is 37.0. The Balaban J connectivity index is 2.85. The number of hydrogen-bond donors (Lipinski definition) is 6. The monoisotopic (exact) mass is 714 g/mol. The van der Waals surface area contributed by atoms with Crippen molar-refractivity contribution >= 4 is 23.7 Å². The van der Waals surface area contributed by atoms with E-state index in [1.807, 2.05) is 0 Å². The van der Waals surface area contributed by atoms with Crippen LogP contribution in [0.1, 0.15) is 168 Å². The van der Waals surface area contributed by atoms with Crippen molar-refractivity contribution in [1.29, 1.82) is 0 Å². The van der Waals surface area contributed by atoms with E-state index < -0.39 is 61.5 Å². The summed E-state index contributed by atoms with van der Waals surface area (Å²) in [7, 11) is 0. The average molecular weight is 714 g/mol. The number of hydrogen-bond acceptors (Lipinski definition) is 8. The van der Waals surface area contributed by atoms with Crippen molar-refractivity contribution in [2.45, 2.75) is 199 Å². The Morgan fingerprint density at radius 2 is 1.10 bits per heavy atom. The van der Waals surface area contributed by atoms with E-state index in [0.717, 1.165) is 38.5 Å². The molecule has 0 aromatic heterocycles. The van der Waals surface area contributed by atoms with Crippen molar-refractivity contribution in [2.24, 2.45) is 0 Å². The van der Waals surface area contributed by atoms with Crippen LogP contribution in [0.4, 0.5) is 0 Å². The Kier molecular flexibility index (Phi) is 26.8. The minimum Gasteiger partial charge on any atom is -0.481 e. The molecule has 12 nitrogen and oxygen atoms in total. The lowest BCUT2D eigenvalue weighted by Gasteiger charge is -2.47. The van der Waals surface area contributed by atoms with Crippen LogP contribution in [0.2, 0.25) is 0 Å².